The van der Waals surface area contributed by atoms with Crippen molar-refractivity contribution in [3.05, 3.63) is 70.7 Å². The number of para-hydroxylation sites is 1. The highest BCUT2D eigenvalue weighted by Gasteiger charge is 2.42. The van der Waals surface area contributed by atoms with Crippen molar-refractivity contribution in [3.63, 3.8) is 0 Å². The predicted molar refractivity (Wildman–Crippen MR) is 154 cm³/mol. The van der Waals surface area contributed by atoms with Crippen molar-refractivity contribution in [2.24, 2.45) is 7.05 Å². The zero-order valence-electron chi connectivity index (χ0n) is 23.7. The highest BCUT2D eigenvalue weighted by atomic mass is 32.2. The van der Waals surface area contributed by atoms with Crippen molar-refractivity contribution < 1.29 is 17.6 Å². The van der Waals surface area contributed by atoms with Crippen LogP contribution in [0.15, 0.2) is 42.6 Å². The average Bonchev–Trinajstić information content (AvgIpc) is 3.63. The Kier molecular flexibility index (Phi) is 7.01. The Bertz CT molecular complexity index is 1560. The molecule has 2 saturated heterocycles. The summed E-state index contributed by atoms with van der Waals surface area (Å²) < 4.78 is 42.3. The van der Waals surface area contributed by atoms with Crippen LogP contribution < -0.4 is 0 Å². The maximum atomic E-state index is 14.9. The van der Waals surface area contributed by atoms with Crippen molar-refractivity contribution >= 4 is 26.8 Å². The zero-order chi connectivity index (χ0) is 28.3. The van der Waals surface area contributed by atoms with Crippen LogP contribution >= 0.6 is 0 Å². The van der Waals surface area contributed by atoms with E-state index in [1.165, 1.54) is 16.1 Å². The van der Waals surface area contributed by atoms with E-state index in [9.17, 15) is 17.6 Å². The third-order valence-corrected chi connectivity index (χ3v) is 10.5. The number of hydrogen-bond acceptors (Lipinski definition) is 5. The minimum atomic E-state index is -3.27. The first-order valence-corrected chi connectivity index (χ1v) is 15.9. The number of rotatable bonds is 5. The lowest BCUT2D eigenvalue weighted by Crippen LogP contribution is -2.50. The van der Waals surface area contributed by atoms with Gasteiger partial charge in [0.25, 0.3) is 5.91 Å². The number of fused-ring (bicyclic) bond motifs is 2. The van der Waals surface area contributed by atoms with E-state index in [1.54, 1.807) is 11.0 Å². The van der Waals surface area contributed by atoms with Crippen LogP contribution in [-0.4, -0.2) is 104 Å². The molecule has 0 bridgehead atoms. The minimum Gasteiger partial charge on any atom is -0.350 e. The molecule has 3 aromatic rings. The van der Waals surface area contributed by atoms with Crippen LogP contribution in [0.3, 0.4) is 0 Å². The number of nitrogens with zero attached hydrogens (tertiary/aromatic N) is 5. The molecule has 2 aliphatic heterocycles. The second kappa shape index (κ2) is 10.2. The lowest BCUT2D eigenvalue weighted by atomic mass is 9.92. The molecular weight excluding hydrogens is 529 g/mol. The molecule has 10 heteroatoms. The van der Waals surface area contributed by atoms with Gasteiger partial charge < -0.3 is 14.4 Å². The third kappa shape index (κ3) is 4.64. The first-order valence-electron chi connectivity index (χ1n) is 14.0. The number of likely N-dealkylation sites (N-methyl/N-ethyl adjacent to an activating group) is 1. The smallest absolute Gasteiger partial charge is 0.256 e. The van der Waals surface area contributed by atoms with Gasteiger partial charge in [0, 0.05) is 81.5 Å². The summed E-state index contributed by atoms with van der Waals surface area (Å²) in [7, 11) is 2.95. The fraction of sp³-hybridized carbons (Fsp3) is 0.500. The van der Waals surface area contributed by atoms with Gasteiger partial charge in [-0.2, -0.15) is 4.31 Å². The van der Waals surface area contributed by atoms with Gasteiger partial charge in [0.05, 0.1) is 17.3 Å². The zero-order valence-corrected chi connectivity index (χ0v) is 24.5. The standard InChI is InChI=1S/C30H38FN5O3S/c1-32(2)27-19-35(26-12-11-20-7-5-10-25(31)28(20)26)18-24(27)23-17-33(3)29-21(23)8-6-9-22(29)30(37)34-13-15-36(16-14-34)40(4,38)39/h5-10,17,24,26-27H,11-16,18-19H2,1-4H3/t24-,26?,27+/m1/s1. The monoisotopic (exact) mass is 567 g/mol. The molecule has 1 aliphatic carbocycles. The van der Waals surface area contributed by atoms with Gasteiger partial charge in [0.2, 0.25) is 10.0 Å². The predicted octanol–water partition coefficient (Wildman–Crippen LogP) is 3.05. The first-order chi connectivity index (χ1) is 19.0. The molecule has 0 spiro atoms. The van der Waals surface area contributed by atoms with Crippen LogP contribution in [0.25, 0.3) is 10.9 Å². The number of halogens is 1. The second-order valence-electron chi connectivity index (χ2n) is 11.8. The van der Waals surface area contributed by atoms with Gasteiger partial charge in [-0.3, -0.25) is 9.69 Å². The number of benzene rings is 2. The lowest BCUT2D eigenvalue weighted by molar-refractivity contribution is 0.0700. The lowest BCUT2D eigenvalue weighted by Gasteiger charge is -2.33. The number of piperazine rings is 1. The molecule has 2 fully saturated rings. The average molecular weight is 568 g/mol. The number of carbonyl (C=O) groups excluding carboxylic acids is 1. The van der Waals surface area contributed by atoms with Crippen LogP contribution in [0.1, 0.15) is 45.4 Å². The van der Waals surface area contributed by atoms with Crippen LogP contribution in [0, 0.1) is 5.82 Å². The summed E-state index contributed by atoms with van der Waals surface area (Å²) in [6, 6.07) is 11.7. The van der Waals surface area contributed by atoms with Gasteiger partial charge in [0.15, 0.2) is 0 Å². The molecule has 0 N–H and O–H groups in total. The Labute approximate surface area is 236 Å². The molecule has 3 heterocycles. The quantitative estimate of drug-likeness (QED) is 0.474. The molecule has 40 heavy (non-hydrogen) atoms. The Morgan fingerprint density at radius 2 is 1.75 bits per heavy atom. The Hall–Kier alpha value is -2.79. The van der Waals surface area contributed by atoms with Gasteiger partial charge in [0.1, 0.15) is 5.82 Å². The fourth-order valence-electron chi connectivity index (χ4n) is 7.23. The molecule has 3 aliphatic rings. The topological polar surface area (TPSA) is 69.1 Å². The molecule has 2 aromatic carbocycles. The molecule has 0 radical (unpaired) electrons. The van der Waals surface area contributed by atoms with Crippen LogP contribution in [0.4, 0.5) is 4.39 Å². The van der Waals surface area contributed by atoms with Gasteiger partial charge in [-0.15, -0.1) is 0 Å². The normalized spacial score (nSPS) is 24.4. The molecular formula is C30H38FN5O3S. The maximum Gasteiger partial charge on any atom is 0.256 e. The number of sulfonamides is 1. The van der Waals surface area contributed by atoms with Crippen molar-refractivity contribution in [3.8, 4) is 0 Å². The van der Waals surface area contributed by atoms with Gasteiger partial charge in [-0.1, -0.05) is 24.3 Å². The van der Waals surface area contributed by atoms with E-state index in [2.05, 4.69) is 46.8 Å². The fourth-order valence-corrected chi connectivity index (χ4v) is 8.06. The number of aromatic nitrogens is 1. The summed E-state index contributed by atoms with van der Waals surface area (Å²) in [5, 5.41) is 1.07. The van der Waals surface area contributed by atoms with Crippen molar-refractivity contribution in [2.75, 3.05) is 59.6 Å². The van der Waals surface area contributed by atoms with E-state index < -0.39 is 10.0 Å². The molecule has 0 saturated carbocycles. The molecule has 214 valence electrons. The molecule has 1 amide bonds. The Balaban J connectivity index is 1.31. The first kappa shape index (κ1) is 27.4. The minimum absolute atomic E-state index is 0.0678. The summed E-state index contributed by atoms with van der Waals surface area (Å²) in [4.78, 5) is 20.2. The second-order valence-corrected chi connectivity index (χ2v) is 13.8. The van der Waals surface area contributed by atoms with E-state index in [1.807, 2.05) is 25.2 Å². The van der Waals surface area contributed by atoms with Crippen molar-refractivity contribution in [1.29, 1.82) is 0 Å². The third-order valence-electron chi connectivity index (χ3n) is 9.24. The van der Waals surface area contributed by atoms with Gasteiger partial charge >= 0.3 is 0 Å². The van der Waals surface area contributed by atoms with Gasteiger partial charge in [-0.25, -0.2) is 12.8 Å². The summed E-state index contributed by atoms with van der Waals surface area (Å²) in [5.74, 6) is 0.0375. The largest absolute Gasteiger partial charge is 0.350 e. The highest BCUT2D eigenvalue weighted by Crippen LogP contribution is 2.44. The van der Waals surface area contributed by atoms with Gasteiger partial charge in [-0.05, 0) is 50.2 Å². The molecule has 6 rings (SSSR count). The number of amides is 1. The summed E-state index contributed by atoms with van der Waals surface area (Å²) >= 11 is 0. The Morgan fingerprint density at radius 3 is 2.45 bits per heavy atom. The van der Waals surface area contributed by atoms with E-state index in [0.29, 0.717) is 31.7 Å². The number of carbonyl (C=O) groups is 1. The summed E-state index contributed by atoms with van der Waals surface area (Å²) in [6.45, 7) is 3.05. The molecule has 1 unspecified atom stereocenters. The molecule has 3 atom stereocenters. The highest BCUT2D eigenvalue weighted by molar-refractivity contribution is 7.88. The number of likely N-dealkylation sites (tertiary alicyclic amines) is 1. The maximum absolute atomic E-state index is 14.9. The SMILES string of the molecule is CN(C)[C@H]1CN(C2CCc3cccc(F)c32)C[C@@H]1c1cn(C)c2c(C(=O)N3CCN(S(C)(=O)=O)CC3)cccc12. The van der Waals surface area contributed by atoms with Crippen molar-refractivity contribution in [1.82, 2.24) is 23.6 Å². The van der Waals surface area contributed by atoms with E-state index in [4.69, 9.17) is 0 Å². The summed E-state index contributed by atoms with van der Waals surface area (Å²) in [6.07, 6.45) is 5.22. The van der Waals surface area contributed by atoms with E-state index in [0.717, 1.165) is 48.0 Å². The van der Waals surface area contributed by atoms with Crippen LogP contribution in [0.5, 0.6) is 0 Å². The number of hydrogen-bond donors (Lipinski definition) is 0. The number of aryl methyl sites for hydroxylation is 2. The molecule has 8 nitrogen and oxygen atoms in total. The van der Waals surface area contributed by atoms with Crippen LogP contribution in [-0.2, 0) is 23.5 Å². The van der Waals surface area contributed by atoms with E-state index in [-0.39, 0.29) is 29.7 Å². The van der Waals surface area contributed by atoms with E-state index >= 15 is 0 Å². The Morgan fingerprint density at radius 1 is 1.02 bits per heavy atom. The molecule has 1 aromatic heterocycles. The van der Waals surface area contributed by atoms with Crippen molar-refractivity contribution in [2.45, 2.75) is 30.8 Å². The van der Waals surface area contributed by atoms with Crippen LogP contribution in [0.2, 0.25) is 0 Å². The summed E-state index contributed by atoms with van der Waals surface area (Å²) in [5.41, 5.74) is 4.74.